The SMILES string of the molecule is Fc1ccc(CNc2cccnc2Cl)c(C(F)(F)F)c1. The van der Waals surface area contributed by atoms with Crippen LogP contribution in [0.15, 0.2) is 36.5 Å². The first-order valence-electron chi connectivity index (χ1n) is 5.58. The predicted octanol–water partition coefficient (Wildman–Crippen LogP) is 4.51. The van der Waals surface area contributed by atoms with Crippen LogP contribution < -0.4 is 5.32 Å². The highest BCUT2D eigenvalue weighted by atomic mass is 35.5. The van der Waals surface area contributed by atoms with E-state index in [0.29, 0.717) is 11.8 Å². The molecule has 1 heterocycles. The van der Waals surface area contributed by atoms with Crippen LogP contribution in [0, 0.1) is 5.82 Å². The molecule has 20 heavy (non-hydrogen) atoms. The van der Waals surface area contributed by atoms with E-state index < -0.39 is 17.6 Å². The molecule has 0 aliphatic heterocycles. The number of nitrogens with zero attached hydrogens (tertiary/aromatic N) is 1. The van der Waals surface area contributed by atoms with Gasteiger partial charge >= 0.3 is 6.18 Å². The van der Waals surface area contributed by atoms with Gasteiger partial charge < -0.3 is 5.32 Å². The highest BCUT2D eigenvalue weighted by Crippen LogP contribution is 2.33. The maximum absolute atomic E-state index is 13.0. The first-order chi connectivity index (χ1) is 9.38. The lowest BCUT2D eigenvalue weighted by Gasteiger charge is -2.14. The number of aromatic nitrogens is 1. The third-order valence-corrected chi connectivity index (χ3v) is 2.91. The molecule has 1 N–H and O–H groups in total. The minimum atomic E-state index is -4.61. The summed E-state index contributed by atoms with van der Waals surface area (Å²) in [5, 5.41) is 2.90. The molecule has 0 unspecified atom stereocenters. The van der Waals surface area contributed by atoms with Crippen molar-refractivity contribution in [2.45, 2.75) is 12.7 Å². The number of pyridine rings is 1. The second-order valence-electron chi connectivity index (χ2n) is 3.99. The van der Waals surface area contributed by atoms with Crippen molar-refractivity contribution in [3.05, 3.63) is 58.6 Å². The van der Waals surface area contributed by atoms with Gasteiger partial charge in [0.15, 0.2) is 5.15 Å². The van der Waals surface area contributed by atoms with Crippen molar-refractivity contribution in [3.63, 3.8) is 0 Å². The van der Waals surface area contributed by atoms with E-state index >= 15 is 0 Å². The molecule has 0 saturated heterocycles. The van der Waals surface area contributed by atoms with Gasteiger partial charge in [0.05, 0.1) is 11.3 Å². The first-order valence-corrected chi connectivity index (χ1v) is 5.96. The first kappa shape index (κ1) is 14.6. The van der Waals surface area contributed by atoms with Crippen LogP contribution in [0.4, 0.5) is 23.2 Å². The van der Waals surface area contributed by atoms with Gasteiger partial charge in [0.25, 0.3) is 0 Å². The normalized spacial score (nSPS) is 11.4. The maximum atomic E-state index is 13.0. The summed E-state index contributed by atoms with van der Waals surface area (Å²) in [6, 6.07) is 5.74. The summed E-state index contributed by atoms with van der Waals surface area (Å²) in [6.45, 7) is -0.138. The smallest absolute Gasteiger partial charge is 0.378 e. The second kappa shape index (κ2) is 5.66. The van der Waals surface area contributed by atoms with Gasteiger partial charge in [-0.2, -0.15) is 13.2 Å². The Bertz CT molecular complexity index is 614. The molecule has 0 aliphatic rings. The molecule has 0 amide bonds. The predicted molar refractivity (Wildman–Crippen MR) is 68.0 cm³/mol. The topological polar surface area (TPSA) is 24.9 Å². The van der Waals surface area contributed by atoms with Gasteiger partial charge in [-0.3, -0.25) is 0 Å². The van der Waals surface area contributed by atoms with Gasteiger partial charge in [0.2, 0.25) is 0 Å². The average Bonchev–Trinajstić information content (AvgIpc) is 2.38. The molecule has 0 spiro atoms. The summed E-state index contributed by atoms with van der Waals surface area (Å²) in [6.07, 6.45) is -3.15. The van der Waals surface area contributed by atoms with Crippen molar-refractivity contribution < 1.29 is 17.6 Å². The van der Waals surface area contributed by atoms with E-state index in [1.54, 1.807) is 12.1 Å². The van der Waals surface area contributed by atoms with E-state index in [1.165, 1.54) is 6.20 Å². The van der Waals surface area contributed by atoms with Crippen LogP contribution in [0.2, 0.25) is 5.15 Å². The van der Waals surface area contributed by atoms with Crippen LogP contribution >= 0.6 is 11.6 Å². The van der Waals surface area contributed by atoms with Crippen LogP contribution in [0.1, 0.15) is 11.1 Å². The summed E-state index contributed by atoms with van der Waals surface area (Å²) in [5.41, 5.74) is -0.671. The molecule has 2 aromatic rings. The molecular weight excluding hydrogens is 296 g/mol. The quantitative estimate of drug-likeness (QED) is 0.667. The fourth-order valence-electron chi connectivity index (χ4n) is 1.68. The highest BCUT2D eigenvalue weighted by Gasteiger charge is 2.33. The van der Waals surface area contributed by atoms with E-state index in [4.69, 9.17) is 11.6 Å². The molecule has 2 rings (SSSR count). The monoisotopic (exact) mass is 304 g/mol. The van der Waals surface area contributed by atoms with Gasteiger partial charge in [0.1, 0.15) is 5.82 Å². The van der Waals surface area contributed by atoms with Crippen LogP contribution in [0.5, 0.6) is 0 Å². The number of anilines is 1. The maximum Gasteiger partial charge on any atom is 0.416 e. The van der Waals surface area contributed by atoms with Gasteiger partial charge in [-0.25, -0.2) is 9.37 Å². The van der Waals surface area contributed by atoms with Gasteiger partial charge in [-0.1, -0.05) is 17.7 Å². The van der Waals surface area contributed by atoms with Crippen LogP contribution in [-0.2, 0) is 12.7 Å². The Morgan fingerprint density at radius 2 is 1.95 bits per heavy atom. The Balaban J connectivity index is 2.24. The molecule has 0 fully saturated rings. The zero-order chi connectivity index (χ0) is 14.8. The van der Waals surface area contributed by atoms with Crippen molar-refractivity contribution >= 4 is 17.3 Å². The number of nitrogens with one attached hydrogen (secondary N) is 1. The molecule has 0 saturated carbocycles. The molecule has 0 aliphatic carbocycles. The molecule has 0 bridgehead atoms. The number of alkyl halides is 3. The van der Waals surface area contributed by atoms with Crippen LogP contribution in [0.25, 0.3) is 0 Å². The van der Waals surface area contributed by atoms with E-state index in [-0.39, 0.29) is 17.3 Å². The summed E-state index contributed by atoms with van der Waals surface area (Å²) >= 11 is 5.79. The molecule has 0 atom stereocenters. The summed E-state index contributed by atoms with van der Waals surface area (Å²) < 4.78 is 51.4. The van der Waals surface area contributed by atoms with E-state index in [2.05, 4.69) is 10.3 Å². The largest absolute Gasteiger partial charge is 0.416 e. The zero-order valence-electron chi connectivity index (χ0n) is 10.0. The number of rotatable bonds is 3. The number of halogens is 5. The molecular formula is C13H9ClF4N2. The minimum Gasteiger partial charge on any atom is -0.378 e. The number of hydrogen-bond acceptors (Lipinski definition) is 2. The van der Waals surface area contributed by atoms with Crippen molar-refractivity contribution in [2.75, 3.05) is 5.32 Å². The molecule has 0 radical (unpaired) electrons. The molecule has 1 aromatic heterocycles. The minimum absolute atomic E-state index is 0.0705. The number of hydrogen-bond donors (Lipinski definition) is 1. The Hall–Kier alpha value is -1.82. The molecule has 2 nitrogen and oxygen atoms in total. The summed E-state index contributed by atoms with van der Waals surface area (Å²) in [7, 11) is 0. The molecule has 1 aromatic carbocycles. The van der Waals surface area contributed by atoms with Crippen LogP contribution in [0.3, 0.4) is 0 Å². The van der Waals surface area contributed by atoms with Gasteiger partial charge in [-0.15, -0.1) is 0 Å². The molecule has 7 heteroatoms. The van der Waals surface area contributed by atoms with E-state index in [9.17, 15) is 17.6 Å². The van der Waals surface area contributed by atoms with Crippen molar-refractivity contribution in [2.24, 2.45) is 0 Å². The lowest BCUT2D eigenvalue weighted by Crippen LogP contribution is -2.12. The van der Waals surface area contributed by atoms with Crippen LogP contribution in [-0.4, -0.2) is 4.98 Å². The fourth-order valence-corrected chi connectivity index (χ4v) is 1.86. The Morgan fingerprint density at radius 1 is 1.20 bits per heavy atom. The third-order valence-electron chi connectivity index (χ3n) is 2.61. The van der Waals surface area contributed by atoms with Gasteiger partial charge in [-0.05, 0) is 29.8 Å². The lowest BCUT2D eigenvalue weighted by atomic mass is 10.1. The summed E-state index contributed by atoms with van der Waals surface area (Å²) in [5.74, 6) is -0.930. The van der Waals surface area contributed by atoms with Crippen molar-refractivity contribution in [1.29, 1.82) is 0 Å². The average molecular weight is 305 g/mol. The Kier molecular flexibility index (Phi) is 4.13. The fraction of sp³-hybridized carbons (Fsp3) is 0.154. The Morgan fingerprint density at radius 3 is 2.60 bits per heavy atom. The lowest BCUT2D eigenvalue weighted by molar-refractivity contribution is -0.138. The van der Waals surface area contributed by atoms with Gasteiger partial charge in [0, 0.05) is 12.7 Å². The highest BCUT2D eigenvalue weighted by molar-refractivity contribution is 6.31. The molecule has 106 valence electrons. The van der Waals surface area contributed by atoms with E-state index in [0.717, 1.165) is 12.1 Å². The third kappa shape index (κ3) is 3.39. The Labute approximate surface area is 117 Å². The standard InChI is InChI=1S/C13H9ClF4N2/c14-12-11(2-1-5-19-12)20-7-8-3-4-9(15)6-10(8)13(16,17)18/h1-6,20H,7H2. The summed E-state index contributed by atoms with van der Waals surface area (Å²) in [4.78, 5) is 3.80. The second-order valence-corrected chi connectivity index (χ2v) is 4.35. The van der Waals surface area contributed by atoms with E-state index in [1.807, 2.05) is 0 Å². The number of benzene rings is 1. The zero-order valence-corrected chi connectivity index (χ0v) is 10.8. The van der Waals surface area contributed by atoms with Crippen molar-refractivity contribution in [1.82, 2.24) is 4.98 Å². The van der Waals surface area contributed by atoms with Crippen molar-refractivity contribution in [3.8, 4) is 0 Å².